The van der Waals surface area contributed by atoms with Gasteiger partial charge < -0.3 is 10.2 Å². The van der Waals surface area contributed by atoms with Crippen molar-refractivity contribution in [3.05, 3.63) is 57.6 Å². The van der Waals surface area contributed by atoms with Crippen LogP contribution in [0.4, 0.5) is 23.2 Å². The van der Waals surface area contributed by atoms with Crippen LogP contribution in [0.3, 0.4) is 0 Å². The first-order chi connectivity index (χ1) is 18.0. The summed E-state index contributed by atoms with van der Waals surface area (Å²) in [5, 5.41) is 3.18. The van der Waals surface area contributed by atoms with Crippen LogP contribution in [0.2, 0.25) is 5.02 Å². The predicted molar refractivity (Wildman–Crippen MR) is 137 cm³/mol. The van der Waals surface area contributed by atoms with Gasteiger partial charge in [-0.1, -0.05) is 30.9 Å². The van der Waals surface area contributed by atoms with E-state index in [9.17, 15) is 18.0 Å². The number of carbonyl (C=O) groups is 1. The van der Waals surface area contributed by atoms with Gasteiger partial charge in [0.1, 0.15) is 22.9 Å². The quantitative estimate of drug-likeness (QED) is 0.439. The molecule has 3 heterocycles. The Morgan fingerprint density at radius 3 is 2.58 bits per heavy atom. The van der Waals surface area contributed by atoms with Gasteiger partial charge in [-0.3, -0.25) is 9.79 Å². The van der Waals surface area contributed by atoms with Gasteiger partial charge >= 0.3 is 6.18 Å². The molecule has 6 rings (SSSR count). The van der Waals surface area contributed by atoms with Crippen molar-refractivity contribution in [1.82, 2.24) is 10.3 Å². The molecule has 38 heavy (non-hydrogen) atoms. The number of pyridine rings is 1. The second-order valence-electron chi connectivity index (χ2n) is 11.2. The molecule has 1 amide bonds. The van der Waals surface area contributed by atoms with E-state index in [4.69, 9.17) is 16.6 Å². The first-order valence-corrected chi connectivity index (χ1v) is 13.7. The number of halogens is 5. The predicted octanol–water partition coefficient (Wildman–Crippen LogP) is 6.42. The molecular weight excluding hydrogens is 520 g/mol. The second kappa shape index (κ2) is 9.21. The molecule has 2 aliphatic heterocycles. The second-order valence-corrected chi connectivity index (χ2v) is 11.7. The summed E-state index contributed by atoms with van der Waals surface area (Å²) in [5.41, 5.74) is 0.287. The Balaban J connectivity index is 1.29. The zero-order valence-corrected chi connectivity index (χ0v) is 21.8. The number of benzene rings is 1. The number of piperidine rings is 1. The molecule has 0 unspecified atom stereocenters. The smallest absolute Gasteiger partial charge is 0.368 e. The molecule has 0 radical (unpaired) electrons. The van der Waals surface area contributed by atoms with E-state index >= 15 is 4.39 Å². The number of alkyl halides is 3. The van der Waals surface area contributed by atoms with Crippen molar-refractivity contribution in [1.29, 1.82) is 0 Å². The lowest BCUT2D eigenvalue weighted by atomic mass is 9.79. The molecule has 2 saturated carbocycles. The number of anilines is 1. The number of rotatable bonds is 5. The van der Waals surface area contributed by atoms with Crippen LogP contribution in [0.5, 0.6) is 0 Å². The maximum Gasteiger partial charge on any atom is 0.433 e. The third-order valence-corrected chi connectivity index (χ3v) is 8.73. The molecule has 1 aromatic heterocycles. The lowest BCUT2D eigenvalue weighted by Gasteiger charge is -2.43. The minimum atomic E-state index is -4.54. The van der Waals surface area contributed by atoms with E-state index in [1.807, 2.05) is 13.0 Å². The summed E-state index contributed by atoms with van der Waals surface area (Å²) in [5.74, 6) is 0.150. The monoisotopic (exact) mass is 548 g/mol. The Kier molecular flexibility index (Phi) is 6.20. The van der Waals surface area contributed by atoms with Gasteiger partial charge in [-0.15, -0.1) is 0 Å². The van der Waals surface area contributed by atoms with E-state index in [1.54, 1.807) is 0 Å². The maximum absolute atomic E-state index is 15.0. The van der Waals surface area contributed by atoms with Gasteiger partial charge in [0.05, 0.1) is 5.69 Å². The molecule has 2 aliphatic carbocycles. The largest absolute Gasteiger partial charge is 0.433 e. The van der Waals surface area contributed by atoms with Crippen LogP contribution >= 0.6 is 11.6 Å². The van der Waals surface area contributed by atoms with Crippen molar-refractivity contribution < 1.29 is 22.4 Å². The highest BCUT2D eigenvalue weighted by molar-refractivity contribution is 6.30. The third-order valence-electron chi connectivity index (χ3n) is 8.51. The molecule has 2 aromatic rings. The topological polar surface area (TPSA) is 57.6 Å². The van der Waals surface area contributed by atoms with Gasteiger partial charge in [-0.2, -0.15) is 13.2 Å². The number of nitrogens with zero attached hydrogens (tertiary/aromatic N) is 3. The minimum Gasteiger partial charge on any atom is -0.368 e. The van der Waals surface area contributed by atoms with Gasteiger partial charge in [-0.05, 0) is 62.8 Å². The molecule has 2 atom stereocenters. The van der Waals surface area contributed by atoms with Crippen LogP contribution in [0.15, 0.2) is 29.3 Å². The van der Waals surface area contributed by atoms with Gasteiger partial charge in [0.2, 0.25) is 0 Å². The van der Waals surface area contributed by atoms with E-state index in [1.165, 1.54) is 18.6 Å². The molecule has 3 fully saturated rings. The molecule has 1 N–H and O–H groups in total. The highest BCUT2D eigenvalue weighted by atomic mass is 35.5. The molecule has 10 heteroatoms. The summed E-state index contributed by atoms with van der Waals surface area (Å²) in [4.78, 5) is 24.1. The number of nitrogens with one attached hydrogen (secondary N) is 1. The fourth-order valence-electron chi connectivity index (χ4n) is 6.07. The molecule has 4 aliphatic rings. The molecule has 1 spiro atoms. The van der Waals surface area contributed by atoms with Crippen LogP contribution in [0, 0.1) is 11.7 Å². The van der Waals surface area contributed by atoms with Crippen molar-refractivity contribution in [3.8, 4) is 0 Å². The van der Waals surface area contributed by atoms with E-state index < -0.39 is 17.4 Å². The molecule has 202 valence electrons. The average molecular weight is 549 g/mol. The molecule has 1 saturated heterocycles. The van der Waals surface area contributed by atoms with Crippen LogP contribution in [0.25, 0.3) is 0 Å². The highest BCUT2D eigenvalue weighted by Crippen LogP contribution is 2.44. The van der Waals surface area contributed by atoms with Gasteiger partial charge in [0.15, 0.2) is 0 Å². The van der Waals surface area contributed by atoms with Crippen molar-refractivity contribution in [2.75, 3.05) is 11.4 Å². The van der Waals surface area contributed by atoms with E-state index in [2.05, 4.69) is 15.2 Å². The number of aliphatic imine (C=N–C) groups is 1. The van der Waals surface area contributed by atoms with Crippen molar-refractivity contribution in [2.45, 2.75) is 82.0 Å². The third kappa shape index (κ3) is 4.56. The first-order valence-electron chi connectivity index (χ1n) is 13.3. The standard InChI is InChI=1S/C28H29ClF4N4O/c1-15-14-27(9-10-37(15)22-13-18(29)12-21(30)20(22)11-16-3-2-4-16)26(38)35-25(36-27)19-7-8-23(28(31,32)33)34-24(19)17-5-6-17/h7-8,12-13,15-17H,2-6,9-11,14H2,1H3,(H,35,36,38)/t15-,27+/m0/s1. The van der Waals surface area contributed by atoms with E-state index in [0.717, 1.165) is 37.4 Å². The first kappa shape index (κ1) is 25.6. The summed E-state index contributed by atoms with van der Waals surface area (Å²) < 4.78 is 54.9. The number of amidine groups is 1. The van der Waals surface area contributed by atoms with E-state index in [0.29, 0.717) is 59.4 Å². The van der Waals surface area contributed by atoms with Crippen molar-refractivity contribution in [3.63, 3.8) is 0 Å². The number of hydrogen-bond acceptors (Lipinski definition) is 4. The molecule has 1 aromatic carbocycles. The molecule has 0 bridgehead atoms. The molecule has 5 nitrogen and oxygen atoms in total. The zero-order chi connectivity index (χ0) is 26.8. The fraction of sp³-hybridized carbons (Fsp3) is 0.536. The van der Waals surface area contributed by atoms with Gasteiger partial charge in [0, 0.05) is 46.8 Å². The fourth-order valence-corrected chi connectivity index (χ4v) is 6.27. The van der Waals surface area contributed by atoms with Crippen LogP contribution in [-0.2, 0) is 17.4 Å². The van der Waals surface area contributed by atoms with Crippen LogP contribution in [-0.4, -0.2) is 34.9 Å². The lowest BCUT2D eigenvalue weighted by Crippen LogP contribution is -2.53. The highest BCUT2D eigenvalue weighted by Gasteiger charge is 2.49. The normalized spacial score (nSPS) is 25.9. The van der Waals surface area contributed by atoms with Gasteiger partial charge in [0.25, 0.3) is 5.91 Å². The summed E-state index contributed by atoms with van der Waals surface area (Å²) >= 11 is 6.26. The lowest BCUT2D eigenvalue weighted by molar-refractivity contribution is -0.141. The number of aromatic nitrogens is 1. The summed E-state index contributed by atoms with van der Waals surface area (Å²) in [6, 6.07) is 5.37. The number of hydrogen-bond donors (Lipinski definition) is 1. The maximum atomic E-state index is 15.0. The Labute approximate surface area is 223 Å². The Hall–Kier alpha value is -2.68. The summed E-state index contributed by atoms with van der Waals surface area (Å²) in [6.45, 7) is 2.46. The summed E-state index contributed by atoms with van der Waals surface area (Å²) in [6.07, 6.45) is 1.81. The Morgan fingerprint density at radius 2 is 1.95 bits per heavy atom. The summed E-state index contributed by atoms with van der Waals surface area (Å²) in [7, 11) is 0. The number of carbonyl (C=O) groups excluding carboxylic acids is 1. The Bertz CT molecular complexity index is 1320. The number of amides is 1. The van der Waals surface area contributed by atoms with E-state index in [-0.39, 0.29) is 23.7 Å². The minimum absolute atomic E-state index is 0.0592. The Morgan fingerprint density at radius 1 is 1.18 bits per heavy atom. The average Bonchev–Trinajstić information content (AvgIpc) is 3.61. The zero-order valence-electron chi connectivity index (χ0n) is 21.0. The van der Waals surface area contributed by atoms with Gasteiger partial charge in [-0.25, -0.2) is 9.37 Å². The van der Waals surface area contributed by atoms with Crippen molar-refractivity contribution >= 4 is 29.0 Å². The van der Waals surface area contributed by atoms with Crippen molar-refractivity contribution in [2.24, 2.45) is 10.9 Å². The SMILES string of the molecule is C[C@H]1C[C@@]2(CCN1c1cc(Cl)cc(F)c1CC1CCC1)N=C(c1ccc(C(F)(F)F)nc1C1CC1)NC2=O. The van der Waals surface area contributed by atoms with Crippen LogP contribution in [0.1, 0.15) is 80.3 Å². The van der Waals surface area contributed by atoms with Crippen LogP contribution < -0.4 is 10.2 Å². The molecular formula is C28H29ClF4N4O.